The summed E-state index contributed by atoms with van der Waals surface area (Å²) in [6.45, 7) is 1.93. The summed E-state index contributed by atoms with van der Waals surface area (Å²) in [5.74, 6) is 2.02. The molecule has 1 aromatic carbocycles. The molecule has 0 radical (unpaired) electrons. The highest BCUT2D eigenvalue weighted by Gasteiger charge is 2.07. The van der Waals surface area contributed by atoms with Gasteiger partial charge in [0.1, 0.15) is 12.1 Å². The summed E-state index contributed by atoms with van der Waals surface area (Å²) in [5, 5.41) is 3.30. The smallest absolute Gasteiger partial charge is 0.221 e. The number of rotatable bonds is 6. The molecule has 1 heterocycles. The minimum absolute atomic E-state index is 0.584. The Morgan fingerprint density at radius 1 is 1.30 bits per heavy atom. The number of hydrogen-bond donors (Lipinski definition) is 1. The predicted octanol–water partition coefficient (Wildman–Crippen LogP) is 3.71. The van der Waals surface area contributed by atoms with Gasteiger partial charge in [0, 0.05) is 11.6 Å². The summed E-state index contributed by atoms with van der Waals surface area (Å²) in [6, 6.07) is 8.25. The van der Waals surface area contributed by atoms with Crippen LogP contribution in [0.5, 0.6) is 5.88 Å². The molecule has 1 aromatic heterocycles. The van der Waals surface area contributed by atoms with Crippen molar-refractivity contribution in [3.05, 3.63) is 41.7 Å². The summed E-state index contributed by atoms with van der Waals surface area (Å²) >= 11 is 5.73. The Bertz CT molecular complexity index is 575. The third kappa shape index (κ3) is 3.61. The largest absolute Gasteiger partial charge is 0.481 e. The number of alkyl halides is 1. The maximum Gasteiger partial charge on any atom is 0.221 e. The Morgan fingerprint density at radius 3 is 2.90 bits per heavy atom. The molecular formula is C15H18ClN3O. The highest BCUT2D eigenvalue weighted by Crippen LogP contribution is 2.24. The van der Waals surface area contributed by atoms with E-state index in [9.17, 15) is 0 Å². The Morgan fingerprint density at radius 2 is 2.15 bits per heavy atom. The number of halogens is 1. The number of aryl methyl sites for hydroxylation is 1. The molecule has 0 saturated carbocycles. The molecule has 0 unspecified atom stereocenters. The molecule has 0 bridgehead atoms. The fourth-order valence-corrected chi connectivity index (χ4v) is 2.11. The second-order valence-corrected chi connectivity index (χ2v) is 4.85. The molecule has 2 aromatic rings. The van der Waals surface area contributed by atoms with Gasteiger partial charge in [0.05, 0.1) is 12.7 Å². The van der Waals surface area contributed by atoms with Crippen molar-refractivity contribution in [2.24, 2.45) is 0 Å². The van der Waals surface area contributed by atoms with Gasteiger partial charge in [-0.05, 0) is 37.5 Å². The number of benzene rings is 1. The molecule has 0 aliphatic heterocycles. The quantitative estimate of drug-likeness (QED) is 0.824. The van der Waals surface area contributed by atoms with E-state index in [1.165, 1.54) is 11.9 Å². The van der Waals surface area contributed by atoms with Gasteiger partial charge < -0.3 is 10.1 Å². The molecule has 0 aliphatic carbocycles. The van der Waals surface area contributed by atoms with E-state index in [0.717, 1.165) is 29.9 Å². The fraction of sp³-hybridized carbons (Fsp3) is 0.333. The zero-order valence-electron chi connectivity index (χ0n) is 11.7. The van der Waals surface area contributed by atoms with Crippen molar-refractivity contribution in [1.82, 2.24) is 9.97 Å². The maximum absolute atomic E-state index is 5.73. The van der Waals surface area contributed by atoms with Gasteiger partial charge in [-0.2, -0.15) is 0 Å². The highest BCUT2D eigenvalue weighted by atomic mass is 35.5. The molecule has 0 saturated heterocycles. The molecule has 2 rings (SSSR count). The van der Waals surface area contributed by atoms with Crippen molar-refractivity contribution in [3.63, 3.8) is 0 Å². The van der Waals surface area contributed by atoms with E-state index in [4.69, 9.17) is 16.3 Å². The van der Waals surface area contributed by atoms with Crippen LogP contribution in [-0.2, 0) is 6.42 Å². The lowest BCUT2D eigenvalue weighted by Gasteiger charge is -2.11. The van der Waals surface area contributed by atoms with Crippen molar-refractivity contribution < 1.29 is 4.74 Å². The number of ether oxygens (including phenoxy) is 1. The van der Waals surface area contributed by atoms with Crippen LogP contribution in [0.4, 0.5) is 11.5 Å². The van der Waals surface area contributed by atoms with Gasteiger partial charge in [-0.1, -0.05) is 12.1 Å². The lowest BCUT2D eigenvalue weighted by atomic mass is 10.1. The molecule has 0 atom stereocenters. The van der Waals surface area contributed by atoms with Crippen molar-refractivity contribution in [2.45, 2.75) is 19.8 Å². The van der Waals surface area contributed by atoms with E-state index in [1.807, 2.05) is 19.1 Å². The summed E-state index contributed by atoms with van der Waals surface area (Å²) in [7, 11) is 1.60. The molecular weight excluding hydrogens is 274 g/mol. The number of nitrogens with one attached hydrogen (secondary N) is 1. The molecule has 0 amide bonds. The van der Waals surface area contributed by atoms with Crippen LogP contribution in [0.25, 0.3) is 0 Å². The number of nitrogens with zero attached hydrogens (tertiary/aromatic N) is 2. The van der Waals surface area contributed by atoms with Crippen molar-refractivity contribution >= 4 is 23.1 Å². The normalized spacial score (nSPS) is 10.3. The first-order valence-electron chi connectivity index (χ1n) is 6.52. The molecule has 0 fully saturated rings. The van der Waals surface area contributed by atoms with Gasteiger partial charge in [0.2, 0.25) is 5.88 Å². The van der Waals surface area contributed by atoms with E-state index < -0.39 is 0 Å². The first-order valence-corrected chi connectivity index (χ1v) is 7.05. The van der Waals surface area contributed by atoms with Crippen LogP contribution in [0.15, 0.2) is 30.6 Å². The zero-order valence-corrected chi connectivity index (χ0v) is 12.4. The van der Waals surface area contributed by atoms with E-state index in [1.54, 1.807) is 7.11 Å². The highest BCUT2D eigenvalue weighted by molar-refractivity contribution is 6.17. The molecule has 1 N–H and O–H groups in total. The van der Waals surface area contributed by atoms with Crippen LogP contribution < -0.4 is 10.1 Å². The van der Waals surface area contributed by atoms with E-state index in [2.05, 4.69) is 27.4 Å². The summed E-state index contributed by atoms with van der Waals surface area (Å²) in [6.07, 6.45) is 3.45. The SMILES string of the molecule is COc1ncnc(Nc2cccc(CCCCl)c2)c1C. The minimum Gasteiger partial charge on any atom is -0.481 e. The minimum atomic E-state index is 0.584. The second-order valence-electron chi connectivity index (χ2n) is 4.47. The standard InChI is InChI=1S/C15H18ClN3O/c1-11-14(17-10-18-15(11)20-2)19-13-7-3-5-12(9-13)6-4-8-16/h3,5,7,9-10H,4,6,8H2,1-2H3,(H,17,18,19). The average Bonchev–Trinajstić information content (AvgIpc) is 2.48. The summed E-state index contributed by atoms with van der Waals surface area (Å²) in [4.78, 5) is 8.32. The predicted molar refractivity (Wildman–Crippen MR) is 82.1 cm³/mol. The van der Waals surface area contributed by atoms with Gasteiger partial charge in [0.25, 0.3) is 0 Å². The van der Waals surface area contributed by atoms with Gasteiger partial charge in [-0.25, -0.2) is 9.97 Å². The molecule has 106 valence electrons. The van der Waals surface area contributed by atoms with Crippen LogP contribution in [0.3, 0.4) is 0 Å². The molecule has 0 spiro atoms. The second kappa shape index (κ2) is 7.10. The first-order chi connectivity index (χ1) is 9.74. The average molecular weight is 292 g/mol. The van der Waals surface area contributed by atoms with Crippen LogP contribution >= 0.6 is 11.6 Å². The molecule has 0 aliphatic rings. The molecule has 20 heavy (non-hydrogen) atoms. The van der Waals surface area contributed by atoms with Gasteiger partial charge in [-0.3, -0.25) is 0 Å². The first kappa shape index (κ1) is 14.6. The number of aromatic nitrogens is 2. The Balaban J connectivity index is 2.17. The van der Waals surface area contributed by atoms with E-state index in [0.29, 0.717) is 11.8 Å². The monoisotopic (exact) mass is 291 g/mol. The Hall–Kier alpha value is -1.81. The van der Waals surface area contributed by atoms with E-state index in [-0.39, 0.29) is 0 Å². The van der Waals surface area contributed by atoms with Crippen molar-refractivity contribution in [2.75, 3.05) is 18.3 Å². The van der Waals surface area contributed by atoms with Crippen LogP contribution in [0.2, 0.25) is 0 Å². The fourth-order valence-electron chi connectivity index (χ4n) is 1.98. The maximum atomic E-state index is 5.73. The number of methoxy groups -OCH3 is 1. The third-order valence-corrected chi connectivity index (χ3v) is 3.29. The van der Waals surface area contributed by atoms with Gasteiger partial charge >= 0.3 is 0 Å². The molecule has 4 nitrogen and oxygen atoms in total. The van der Waals surface area contributed by atoms with Crippen LogP contribution in [0.1, 0.15) is 17.5 Å². The van der Waals surface area contributed by atoms with Crippen molar-refractivity contribution in [3.8, 4) is 5.88 Å². The lowest BCUT2D eigenvalue weighted by molar-refractivity contribution is 0.394. The van der Waals surface area contributed by atoms with Crippen LogP contribution in [0, 0.1) is 6.92 Å². The van der Waals surface area contributed by atoms with Crippen LogP contribution in [-0.4, -0.2) is 23.0 Å². The van der Waals surface area contributed by atoms with E-state index >= 15 is 0 Å². The molecule has 5 heteroatoms. The Kier molecular flexibility index (Phi) is 5.18. The zero-order chi connectivity index (χ0) is 14.4. The van der Waals surface area contributed by atoms with Gasteiger partial charge in [0.15, 0.2) is 0 Å². The summed E-state index contributed by atoms with van der Waals surface area (Å²) < 4.78 is 5.19. The van der Waals surface area contributed by atoms with Crippen molar-refractivity contribution in [1.29, 1.82) is 0 Å². The topological polar surface area (TPSA) is 47.0 Å². The number of hydrogen-bond acceptors (Lipinski definition) is 4. The van der Waals surface area contributed by atoms with Gasteiger partial charge in [-0.15, -0.1) is 11.6 Å². The Labute approximate surface area is 124 Å². The number of anilines is 2. The lowest BCUT2D eigenvalue weighted by Crippen LogP contribution is -2.01. The third-order valence-electron chi connectivity index (χ3n) is 3.02. The summed E-state index contributed by atoms with van der Waals surface area (Å²) in [5.41, 5.74) is 3.15.